The first-order valence-electron chi connectivity index (χ1n) is 7.79. The maximum atomic E-state index is 13.1. The summed E-state index contributed by atoms with van der Waals surface area (Å²) >= 11 is 11.7. The van der Waals surface area contributed by atoms with Crippen LogP contribution in [0.5, 0.6) is 0 Å². The summed E-state index contributed by atoms with van der Waals surface area (Å²) in [6.45, 7) is 1.39. The molecule has 0 saturated carbocycles. The van der Waals surface area contributed by atoms with Crippen LogP contribution >= 0.6 is 23.2 Å². The highest BCUT2D eigenvalue weighted by Crippen LogP contribution is 2.38. The molecule has 0 aliphatic carbocycles. The monoisotopic (exact) mass is 455 g/mol. The Kier molecular flexibility index (Phi) is 6.52. The van der Waals surface area contributed by atoms with Gasteiger partial charge in [-0.2, -0.15) is 13.2 Å². The van der Waals surface area contributed by atoms with E-state index in [0.29, 0.717) is 16.4 Å². The van der Waals surface area contributed by atoms with E-state index in [2.05, 4.69) is 0 Å². The molecule has 1 N–H and O–H groups in total. The van der Waals surface area contributed by atoms with Crippen LogP contribution in [0.2, 0.25) is 10.0 Å². The van der Waals surface area contributed by atoms with E-state index < -0.39 is 39.5 Å². The third kappa shape index (κ3) is 4.53. The van der Waals surface area contributed by atoms with Gasteiger partial charge >= 0.3 is 12.1 Å². The van der Waals surface area contributed by atoms with Crippen molar-refractivity contribution in [2.75, 3.05) is 4.31 Å². The maximum absolute atomic E-state index is 13.1. The smallest absolute Gasteiger partial charge is 0.416 e. The molecule has 0 radical (unpaired) electrons. The molecule has 152 valence electrons. The molecule has 2 rings (SSSR count). The van der Waals surface area contributed by atoms with Gasteiger partial charge in [0.15, 0.2) is 0 Å². The summed E-state index contributed by atoms with van der Waals surface area (Å²) in [5.41, 5.74) is -1.75. The van der Waals surface area contributed by atoms with Crippen LogP contribution in [0, 0.1) is 0 Å². The van der Waals surface area contributed by atoms with Gasteiger partial charge in [0.2, 0.25) is 0 Å². The van der Waals surface area contributed by atoms with Gasteiger partial charge in [0.05, 0.1) is 21.2 Å². The summed E-state index contributed by atoms with van der Waals surface area (Å²) in [4.78, 5) is 11.3. The van der Waals surface area contributed by atoms with Crippen molar-refractivity contribution in [1.29, 1.82) is 0 Å². The van der Waals surface area contributed by atoms with Crippen molar-refractivity contribution < 1.29 is 31.5 Å². The zero-order valence-corrected chi connectivity index (χ0v) is 16.6. The molecule has 28 heavy (non-hydrogen) atoms. The van der Waals surface area contributed by atoms with Gasteiger partial charge in [-0.25, -0.2) is 13.2 Å². The zero-order valence-electron chi connectivity index (χ0n) is 14.2. The van der Waals surface area contributed by atoms with Crippen LogP contribution in [0.15, 0.2) is 47.4 Å². The number of sulfonamides is 1. The van der Waals surface area contributed by atoms with Gasteiger partial charge in [0.25, 0.3) is 10.0 Å². The largest absolute Gasteiger partial charge is 0.480 e. The number of carboxylic acids is 1. The molecule has 5 nitrogen and oxygen atoms in total. The molecule has 2 aromatic carbocycles. The fourth-order valence-corrected chi connectivity index (χ4v) is 4.56. The van der Waals surface area contributed by atoms with E-state index in [1.807, 2.05) is 0 Å². The first kappa shape index (κ1) is 22.3. The Morgan fingerprint density at radius 1 is 1.14 bits per heavy atom. The average molecular weight is 456 g/mol. The molecular weight excluding hydrogens is 442 g/mol. The van der Waals surface area contributed by atoms with Crippen molar-refractivity contribution in [2.45, 2.75) is 30.5 Å². The molecule has 0 heterocycles. The number of benzene rings is 2. The highest BCUT2D eigenvalue weighted by Gasteiger charge is 2.38. The van der Waals surface area contributed by atoms with E-state index in [4.69, 9.17) is 23.2 Å². The van der Waals surface area contributed by atoms with Crippen LogP contribution in [0.3, 0.4) is 0 Å². The predicted molar refractivity (Wildman–Crippen MR) is 99.3 cm³/mol. The molecule has 0 amide bonds. The van der Waals surface area contributed by atoms with Crippen molar-refractivity contribution >= 4 is 44.9 Å². The molecule has 0 saturated heterocycles. The highest BCUT2D eigenvalue weighted by atomic mass is 35.5. The normalized spacial score (nSPS) is 13.2. The Morgan fingerprint density at radius 2 is 1.71 bits per heavy atom. The fraction of sp³-hybridized carbons (Fsp3) is 0.235. The van der Waals surface area contributed by atoms with Crippen molar-refractivity contribution in [3.05, 3.63) is 58.1 Å². The topological polar surface area (TPSA) is 74.7 Å². The van der Waals surface area contributed by atoms with Crippen molar-refractivity contribution in [1.82, 2.24) is 0 Å². The molecule has 11 heteroatoms. The SMILES string of the molecule is CCC(C(=O)O)N(c1cc(C(F)(F)F)ccc1Cl)S(=O)(=O)c1ccc(Cl)cc1. The second-order valence-corrected chi connectivity index (χ2v) is 8.34. The number of aliphatic carboxylic acids is 1. The molecule has 1 atom stereocenters. The van der Waals surface area contributed by atoms with Crippen LogP contribution in [0.1, 0.15) is 18.9 Å². The summed E-state index contributed by atoms with van der Waals surface area (Å²) in [7, 11) is -4.57. The van der Waals surface area contributed by atoms with Gasteiger partial charge in [-0.05, 0) is 48.9 Å². The lowest BCUT2D eigenvalue weighted by atomic mass is 10.1. The van der Waals surface area contributed by atoms with Crippen molar-refractivity contribution in [2.24, 2.45) is 0 Å². The van der Waals surface area contributed by atoms with E-state index in [1.165, 1.54) is 19.1 Å². The summed E-state index contributed by atoms with van der Waals surface area (Å²) in [5, 5.41) is 9.37. The standard InChI is InChI=1S/C17H14Cl2F3NO4S/c1-2-14(16(24)25)23(28(26,27)12-6-4-11(18)5-7-12)15-9-10(17(20,21)22)3-8-13(15)19/h3-9,14H,2H2,1H3,(H,24,25). The van der Waals surface area contributed by atoms with Gasteiger partial charge in [-0.15, -0.1) is 0 Å². The van der Waals surface area contributed by atoms with Gasteiger partial charge in [0, 0.05) is 5.02 Å². The third-order valence-electron chi connectivity index (χ3n) is 3.84. The summed E-state index contributed by atoms with van der Waals surface area (Å²) in [5.74, 6) is -1.53. The van der Waals surface area contributed by atoms with Crippen LogP contribution < -0.4 is 4.31 Å². The molecule has 0 spiro atoms. The number of anilines is 1. The minimum atomic E-state index is -4.78. The van der Waals surface area contributed by atoms with Crippen LogP contribution in [-0.2, 0) is 21.0 Å². The zero-order chi connectivity index (χ0) is 21.3. The Bertz CT molecular complexity index is 979. The van der Waals surface area contributed by atoms with E-state index in [9.17, 15) is 31.5 Å². The first-order chi connectivity index (χ1) is 12.9. The Balaban J connectivity index is 2.78. The van der Waals surface area contributed by atoms with Crippen molar-refractivity contribution in [3.8, 4) is 0 Å². The van der Waals surface area contributed by atoms with Crippen LogP contribution in [-0.4, -0.2) is 25.5 Å². The lowest BCUT2D eigenvalue weighted by molar-refractivity contribution is -0.138. The number of nitrogens with zero attached hydrogens (tertiary/aromatic N) is 1. The van der Waals surface area contributed by atoms with Crippen molar-refractivity contribution in [3.63, 3.8) is 0 Å². The molecule has 0 fully saturated rings. The fourth-order valence-electron chi connectivity index (χ4n) is 2.48. The first-order valence-corrected chi connectivity index (χ1v) is 9.98. The number of hydrogen-bond acceptors (Lipinski definition) is 3. The molecular formula is C17H14Cl2F3NO4S. The number of halogens is 5. The number of alkyl halides is 3. The second kappa shape index (κ2) is 8.18. The van der Waals surface area contributed by atoms with Gasteiger partial charge in [-0.3, -0.25) is 4.31 Å². The average Bonchev–Trinajstić information content (AvgIpc) is 2.59. The van der Waals surface area contributed by atoms with Gasteiger partial charge in [0.1, 0.15) is 6.04 Å². The lowest BCUT2D eigenvalue weighted by Crippen LogP contribution is -2.45. The molecule has 0 aliphatic rings. The molecule has 0 aromatic heterocycles. The Hall–Kier alpha value is -1.97. The molecule has 1 unspecified atom stereocenters. The second-order valence-electron chi connectivity index (χ2n) is 5.68. The van der Waals surface area contributed by atoms with E-state index in [-0.39, 0.29) is 21.4 Å². The quantitative estimate of drug-likeness (QED) is 0.659. The minimum Gasteiger partial charge on any atom is -0.480 e. The number of carboxylic acid groups (broad SMARTS) is 1. The molecule has 0 bridgehead atoms. The van der Waals surface area contributed by atoms with E-state index in [0.717, 1.165) is 18.2 Å². The van der Waals surface area contributed by atoms with E-state index in [1.54, 1.807) is 0 Å². The number of carbonyl (C=O) groups is 1. The molecule has 0 aliphatic heterocycles. The minimum absolute atomic E-state index is 0.214. The summed E-state index contributed by atoms with van der Waals surface area (Å²) in [6.07, 6.45) is -4.99. The maximum Gasteiger partial charge on any atom is 0.416 e. The van der Waals surface area contributed by atoms with Crippen LogP contribution in [0.4, 0.5) is 18.9 Å². The van der Waals surface area contributed by atoms with E-state index >= 15 is 0 Å². The third-order valence-corrected chi connectivity index (χ3v) is 6.24. The Morgan fingerprint density at radius 3 is 2.18 bits per heavy atom. The highest BCUT2D eigenvalue weighted by molar-refractivity contribution is 7.93. The summed E-state index contributed by atoms with van der Waals surface area (Å²) in [6, 6.07) is 5.17. The molecule has 2 aromatic rings. The Labute approximate surface area is 169 Å². The number of rotatable bonds is 6. The number of hydrogen-bond donors (Lipinski definition) is 1. The van der Waals surface area contributed by atoms with Crippen LogP contribution in [0.25, 0.3) is 0 Å². The summed E-state index contributed by atoms with van der Waals surface area (Å²) < 4.78 is 66.1. The lowest BCUT2D eigenvalue weighted by Gasteiger charge is -2.30. The van der Waals surface area contributed by atoms with Gasteiger partial charge in [-0.1, -0.05) is 30.1 Å². The predicted octanol–water partition coefficient (Wildman–Crippen LogP) is 5.07. The van der Waals surface area contributed by atoms with Gasteiger partial charge < -0.3 is 5.11 Å².